The number of nitrogens with zero attached hydrogens (tertiary/aromatic N) is 2. The van der Waals surface area contributed by atoms with E-state index < -0.39 is 0 Å². The van der Waals surface area contributed by atoms with Gasteiger partial charge in [0.15, 0.2) is 0 Å². The number of phenols is 1. The summed E-state index contributed by atoms with van der Waals surface area (Å²) in [5.74, 6) is 0.817. The van der Waals surface area contributed by atoms with Gasteiger partial charge in [-0.2, -0.15) is 0 Å². The number of anilines is 1. The molecule has 1 heterocycles. The predicted octanol–water partition coefficient (Wildman–Crippen LogP) is 3.26. The predicted molar refractivity (Wildman–Crippen MR) is 89.9 cm³/mol. The van der Waals surface area contributed by atoms with Crippen LogP contribution in [0.3, 0.4) is 0 Å². The van der Waals surface area contributed by atoms with Gasteiger partial charge >= 0.3 is 6.03 Å². The van der Waals surface area contributed by atoms with Crippen LogP contribution in [-0.4, -0.2) is 27.4 Å². The second-order valence-electron chi connectivity index (χ2n) is 5.92. The van der Waals surface area contributed by atoms with Gasteiger partial charge in [-0.15, -0.1) is 10.2 Å². The van der Waals surface area contributed by atoms with E-state index in [0.717, 1.165) is 23.4 Å². The Labute approximate surface area is 139 Å². The number of nitrogens with one attached hydrogen (secondary N) is 2. The number of aromatic hydroxyl groups is 1. The summed E-state index contributed by atoms with van der Waals surface area (Å²) in [6.45, 7) is 1.97. The van der Waals surface area contributed by atoms with Gasteiger partial charge in [-0.1, -0.05) is 23.5 Å². The lowest BCUT2D eigenvalue weighted by Gasteiger charge is -2.13. The molecule has 1 saturated carbocycles. The van der Waals surface area contributed by atoms with E-state index >= 15 is 0 Å². The van der Waals surface area contributed by atoms with Crippen molar-refractivity contribution >= 4 is 22.5 Å². The molecule has 0 saturated heterocycles. The Morgan fingerprint density at radius 1 is 1.35 bits per heavy atom. The Kier molecular flexibility index (Phi) is 4.76. The number of rotatable bonds is 6. The average molecular weight is 332 g/mol. The number of carbonyl (C=O) groups excluding carboxylic acids is 1. The molecule has 3 rings (SSSR count). The molecule has 3 N–H and O–H groups in total. The third kappa shape index (κ3) is 4.66. The van der Waals surface area contributed by atoms with Crippen LogP contribution < -0.4 is 10.6 Å². The van der Waals surface area contributed by atoms with E-state index in [0.29, 0.717) is 11.0 Å². The van der Waals surface area contributed by atoms with Gasteiger partial charge in [-0.25, -0.2) is 4.79 Å². The first-order valence-electron chi connectivity index (χ1n) is 7.79. The number of phenolic OH excluding ortho intramolecular Hbond substituents is 1. The maximum Gasteiger partial charge on any atom is 0.321 e. The van der Waals surface area contributed by atoms with Crippen molar-refractivity contribution in [2.24, 2.45) is 0 Å². The van der Waals surface area contributed by atoms with Crippen LogP contribution in [0.25, 0.3) is 0 Å². The van der Waals surface area contributed by atoms with Crippen LogP contribution in [-0.2, 0) is 6.42 Å². The molecule has 6 nitrogen and oxygen atoms in total. The molecular formula is C16H20N4O2S. The van der Waals surface area contributed by atoms with Crippen LogP contribution in [0, 0.1) is 0 Å². The quantitative estimate of drug-likeness (QED) is 0.758. The number of hydrogen-bond acceptors (Lipinski definition) is 5. The van der Waals surface area contributed by atoms with Crippen molar-refractivity contribution in [1.29, 1.82) is 0 Å². The minimum atomic E-state index is -0.248. The van der Waals surface area contributed by atoms with Crippen molar-refractivity contribution in [2.45, 2.75) is 44.6 Å². The minimum absolute atomic E-state index is 0.0413. The molecule has 0 bridgehead atoms. The fourth-order valence-electron chi connectivity index (χ4n) is 2.26. The Bertz CT molecular complexity index is 667. The Morgan fingerprint density at radius 3 is 2.78 bits per heavy atom. The van der Waals surface area contributed by atoms with Crippen molar-refractivity contribution in [3.63, 3.8) is 0 Å². The summed E-state index contributed by atoms with van der Waals surface area (Å²) >= 11 is 1.45. The Balaban J connectivity index is 1.42. The highest BCUT2D eigenvalue weighted by atomic mass is 32.1. The molecule has 1 aromatic carbocycles. The van der Waals surface area contributed by atoms with Gasteiger partial charge in [-0.3, -0.25) is 5.32 Å². The maximum atomic E-state index is 12.0. The molecule has 0 aliphatic heterocycles. The van der Waals surface area contributed by atoms with Gasteiger partial charge in [0.25, 0.3) is 0 Å². The van der Waals surface area contributed by atoms with Crippen LogP contribution in [0.4, 0.5) is 9.93 Å². The summed E-state index contributed by atoms with van der Waals surface area (Å²) in [5, 5.41) is 24.6. The van der Waals surface area contributed by atoms with E-state index in [4.69, 9.17) is 0 Å². The van der Waals surface area contributed by atoms with Gasteiger partial charge in [0, 0.05) is 12.0 Å². The molecule has 0 radical (unpaired) electrons. The zero-order valence-corrected chi connectivity index (χ0v) is 13.8. The minimum Gasteiger partial charge on any atom is -0.508 e. The molecule has 23 heavy (non-hydrogen) atoms. The highest BCUT2D eigenvalue weighted by Gasteiger charge is 2.27. The van der Waals surface area contributed by atoms with Crippen LogP contribution in [0.5, 0.6) is 5.75 Å². The monoisotopic (exact) mass is 332 g/mol. The van der Waals surface area contributed by atoms with Crippen molar-refractivity contribution in [2.75, 3.05) is 5.32 Å². The van der Waals surface area contributed by atoms with E-state index in [1.165, 1.54) is 24.2 Å². The second kappa shape index (κ2) is 6.95. The molecule has 7 heteroatoms. The molecule has 1 atom stereocenters. The number of urea groups is 1. The maximum absolute atomic E-state index is 12.0. The molecule has 0 spiro atoms. The van der Waals surface area contributed by atoms with Crippen molar-refractivity contribution < 1.29 is 9.90 Å². The summed E-state index contributed by atoms with van der Waals surface area (Å²) in [6.07, 6.45) is 4.01. The standard InChI is InChI=1S/C16H20N4O2S/c1-10(2-3-11-4-8-13(21)9-5-11)17-15(22)18-16-20-19-14(23-16)12-6-7-12/h4-5,8-10,12,21H,2-3,6-7H2,1H3,(H2,17,18,20,22)/t10-/m0/s1. The summed E-state index contributed by atoms with van der Waals surface area (Å²) in [7, 11) is 0. The number of aromatic nitrogens is 2. The van der Waals surface area contributed by atoms with Gasteiger partial charge in [0.1, 0.15) is 10.8 Å². The average Bonchev–Trinajstić information content (AvgIpc) is 3.27. The number of aryl methyl sites for hydroxylation is 1. The number of benzene rings is 1. The zero-order chi connectivity index (χ0) is 16.2. The van der Waals surface area contributed by atoms with Crippen LogP contribution in [0.15, 0.2) is 24.3 Å². The number of amides is 2. The van der Waals surface area contributed by atoms with Crippen molar-refractivity contribution in [3.05, 3.63) is 34.8 Å². The van der Waals surface area contributed by atoms with Gasteiger partial charge in [-0.05, 0) is 50.3 Å². The fraction of sp³-hybridized carbons (Fsp3) is 0.438. The van der Waals surface area contributed by atoms with Crippen molar-refractivity contribution in [1.82, 2.24) is 15.5 Å². The highest BCUT2D eigenvalue weighted by molar-refractivity contribution is 7.15. The summed E-state index contributed by atoms with van der Waals surface area (Å²) in [6, 6.07) is 6.92. The number of carbonyl (C=O) groups is 1. The molecule has 2 amide bonds. The summed E-state index contributed by atoms with van der Waals surface area (Å²) in [5.41, 5.74) is 1.13. The van der Waals surface area contributed by atoms with E-state index in [-0.39, 0.29) is 17.8 Å². The highest BCUT2D eigenvalue weighted by Crippen LogP contribution is 2.41. The van der Waals surface area contributed by atoms with Gasteiger partial charge in [0.2, 0.25) is 5.13 Å². The first kappa shape index (κ1) is 15.7. The molecule has 1 fully saturated rings. The molecule has 122 valence electrons. The number of hydrogen-bond donors (Lipinski definition) is 3. The third-order valence-electron chi connectivity index (χ3n) is 3.77. The second-order valence-corrected chi connectivity index (χ2v) is 6.93. The van der Waals surface area contributed by atoms with Gasteiger partial charge < -0.3 is 10.4 Å². The molecule has 1 aromatic heterocycles. The zero-order valence-electron chi connectivity index (χ0n) is 13.0. The van der Waals surface area contributed by atoms with Crippen LogP contribution in [0.1, 0.15) is 42.7 Å². The van der Waals surface area contributed by atoms with E-state index in [1.807, 2.05) is 19.1 Å². The molecule has 1 aliphatic carbocycles. The first-order valence-corrected chi connectivity index (χ1v) is 8.60. The summed E-state index contributed by atoms with van der Waals surface area (Å²) < 4.78 is 0. The van der Waals surface area contributed by atoms with Crippen molar-refractivity contribution in [3.8, 4) is 5.75 Å². The molecule has 0 unspecified atom stereocenters. The first-order chi connectivity index (χ1) is 11.1. The van der Waals surface area contributed by atoms with E-state index in [1.54, 1.807) is 12.1 Å². The lowest BCUT2D eigenvalue weighted by molar-refractivity contribution is 0.248. The Hall–Kier alpha value is -2.15. The summed E-state index contributed by atoms with van der Waals surface area (Å²) in [4.78, 5) is 12.0. The Morgan fingerprint density at radius 2 is 2.09 bits per heavy atom. The lowest BCUT2D eigenvalue weighted by atomic mass is 10.1. The van der Waals surface area contributed by atoms with Gasteiger partial charge in [0.05, 0.1) is 0 Å². The normalized spacial score (nSPS) is 15.2. The molecular weight excluding hydrogens is 312 g/mol. The molecule has 2 aromatic rings. The molecule has 1 aliphatic rings. The van der Waals surface area contributed by atoms with E-state index in [2.05, 4.69) is 20.8 Å². The van der Waals surface area contributed by atoms with Crippen LogP contribution in [0.2, 0.25) is 0 Å². The SMILES string of the molecule is C[C@@H](CCc1ccc(O)cc1)NC(=O)Nc1nnc(C2CC2)s1. The topological polar surface area (TPSA) is 87.1 Å². The third-order valence-corrected chi connectivity index (χ3v) is 4.77. The smallest absolute Gasteiger partial charge is 0.321 e. The van der Waals surface area contributed by atoms with E-state index in [9.17, 15) is 9.90 Å². The fourth-order valence-corrected chi connectivity index (χ4v) is 3.16. The van der Waals surface area contributed by atoms with Crippen LogP contribution >= 0.6 is 11.3 Å². The lowest BCUT2D eigenvalue weighted by Crippen LogP contribution is -2.36. The largest absolute Gasteiger partial charge is 0.508 e.